The minimum Gasteiger partial charge on any atom is -0.369 e. The molecule has 1 atom stereocenters. The van der Waals surface area contributed by atoms with E-state index in [2.05, 4.69) is 9.97 Å². The molecular formula is C35H30F3N5O2. The van der Waals surface area contributed by atoms with E-state index >= 15 is 0 Å². The number of ketones is 1. The average Bonchev–Trinajstić information content (AvgIpc) is 3.62. The molecule has 0 aliphatic heterocycles. The van der Waals surface area contributed by atoms with Gasteiger partial charge in [-0.3, -0.25) is 19.1 Å². The number of hydrogen-bond acceptors (Lipinski definition) is 5. The first-order valence-electron chi connectivity index (χ1n) is 14.7. The van der Waals surface area contributed by atoms with E-state index in [0.717, 1.165) is 4.90 Å². The molecule has 0 bridgehead atoms. The number of nitrogen functional groups attached to an aromatic ring is 1. The minimum atomic E-state index is -4.59. The first-order valence-corrected chi connectivity index (χ1v) is 14.7. The van der Waals surface area contributed by atoms with Crippen LogP contribution in [0.4, 0.5) is 19.1 Å². The third kappa shape index (κ3) is 5.59. The number of carbonyl (C=O) groups is 2. The molecule has 45 heavy (non-hydrogen) atoms. The van der Waals surface area contributed by atoms with Crippen LogP contribution in [0.5, 0.6) is 0 Å². The number of unbranched alkanes of at least 4 members (excludes halogenated alkanes) is 1. The van der Waals surface area contributed by atoms with Crippen LogP contribution < -0.4 is 5.73 Å². The zero-order valence-electron chi connectivity index (χ0n) is 24.5. The number of benzene rings is 3. The van der Waals surface area contributed by atoms with Crippen molar-refractivity contribution in [2.24, 2.45) is 0 Å². The van der Waals surface area contributed by atoms with Crippen LogP contribution in [0.1, 0.15) is 52.7 Å². The number of halogens is 3. The highest BCUT2D eigenvalue weighted by atomic mass is 19.4. The molecule has 1 unspecified atom stereocenters. The van der Waals surface area contributed by atoms with Crippen molar-refractivity contribution in [3.63, 3.8) is 0 Å². The van der Waals surface area contributed by atoms with Crippen LogP contribution in [0, 0.1) is 0 Å². The van der Waals surface area contributed by atoms with Gasteiger partial charge in [0.25, 0.3) is 0 Å². The van der Waals surface area contributed by atoms with Gasteiger partial charge in [-0.2, -0.15) is 13.2 Å². The van der Waals surface area contributed by atoms with Crippen LogP contribution in [0.2, 0.25) is 0 Å². The summed E-state index contributed by atoms with van der Waals surface area (Å²) in [6, 6.07) is 23.1. The third-order valence-corrected chi connectivity index (χ3v) is 8.05. The topological polar surface area (TPSA) is 94.1 Å². The van der Waals surface area contributed by atoms with Gasteiger partial charge in [0.2, 0.25) is 11.9 Å². The van der Waals surface area contributed by atoms with Crippen molar-refractivity contribution in [1.29, 1.82) is 0 Å². The summed E-state index contributed by atoms with van der Waals surface area (Å²) < 4.78 is 42.9. The predicted octanol–water partition coefficient (Wildman–Crippen LogP) is 7.05. The number of pyridine rings is 1. The maximum Gasteiger partial charge on any atom is 0.406 e. The summed E-state index contributed by atoms with van der Waals surface area (Å²) in [5.41, 5.74) is 10.8. The van der Waals surface area contributed by atoms with Gasteiger partial charge in [0, 0.05) is 47.4 Å². The zero-order chi connectivity index (χ0) is 31.7. The highest BCUT2D eigenvalue weighted by molar-refractivity contribution is 6.16. The Morgan fingerprint density at radius 2 is 1.60 bits per heavy atom. The lowest BCUT2D eigenvalue weighted by Gasteiger charge is -2.28. The van der Waals surface area contributed by atoms with Gasteiger partial charge in [0.15, 0.2) is 5.78 Å². The van der Waals surface area contributed by atoms with Crippen LogP contribution in [-0.2, 0) is 4.79 Å². The van der Waals surface area contributed by atoms with Crippen molar-refractivity contribution in [3.8, 4) is 28.1 Å². The van der Waals surface area contributed by atoms with Crippen LogP contribution >= 0.6 is 0 Å². The normalized spacial score (nSPS) is 13.7. The number of alkyl halides is 3. The summed E-state index contributed by atoms with van der Waals surface area (Å²) in [4.78, 5) is 38.4. The molecule has 7 nitrogen and oxygen atoms in total. The van der Waals surface area contributed by atoms with Crippen LogP contribution in [0.25, 0.3) is 28.1 Å². The molecule has 5 aromatic rings. The fourth-order valence-corrected chi connectivity index (χ4v) is 6.07. The molecule has 2 N–H and O–H groups in total. The number of amides is 1. The van der Waals surface area contributed by atoms with Gasteiger partial charge in [0.1, 0.15) is 6.54 Å². The SMILES string of the molecule is CCCCN(CC(F)(F)F)C(=O)C1c2ccccc2-c2ccc(C(=O)c3ccccc3-c3ccccn3)c(-n3ccnc3N)c21. The third-order valence-electron chi connectivity index (χ3n) is 8.05. The Balaban J connectivity index is 1.59. The molecule has 2 aromatic heterocycles. The number of rotatable bonds is 9. The molecule has 0 radical (unpaired) electrons. The summed E-state index contributed by atoms with van der Waals surface area (Å²) in [5, 5.41) is 0. The fourth-order valence-electron chi connectivity index (χ4n) is 6.07. The van der Waals surface area contributed by atoms with Crippen molar-refractivity contribution < 1.29 is 22.8 Å². The molecule has 0 saturated carbocycles. The summed E-state index contributed by atoms with van der Waals surface area (Å²) >= 11 is 0. The van der Waals surface area contributed by atoms with Gasteiger partial charge >= 0.3 is 6.18 Å². The lowest BCUT2D eigenvalue weighted by atomic mass is 9.88. The molecular weight excluding hydrogens is 579 g/mol. The van der Waals surface area contributed by atoms with E-state index in [4.69, 9.17) is 5.73 Å². The summed E-state index contributed by atoms with van der Waals surface area (Å²) in [7, 11) is 0. The highest BCUT2D eigenvalue weighted by Crippen LogP contribution is 2.50. The van der Waals surface area contributed by atoms with E-state index in [-0.39, 0.29) is 23.8 Å². The highest BCUT2D eigenvalue weighted by Gasteiger charge is 2.42. The van der Waals surface area contributed by atoms with Crippen molar-refractivity contribution in [1.82, 2.24) is 19.4 Å². The Bertz CT molecular complexity index is 1880. The van der Waals surface area contributed by atoms with Gasteiger partial charge in [-0.25, -0.2) is 4.98 Å². The van der Waals surface area contributed by atoms with E-state index in [0.29, 0.717) is 57.6 Å². The fraction of sp³-hybridized carbons (Fsp3) is 0.200. The van der Waals surface area contributed by atoms with E-state index < -0.39 is 24.5 Å². The second-order valence-corrected chi connectivity index (χ2v) is 10.9. The van der Waals surface area contributed by atoms with E-state index in [9.17, 15) is 22.8 Å². The van der Waals surface area contributed by atoms with Gasteiger partial charge < -0.3 is 10.6 Å². The largest absolute Gasteiger partial charge is 0.406 e. The summed E-state index contributed by atoms with van der Waals surface area (Å²) in [5.74, 6) is -2.09. The van der Waals surface area contributed by atoms with Crippen molar-refractivity contribution >= 4 is 17.6 Å². The Morgan fingerprint density at radius 1 is 0.867 bits per heavy atom. The molecule has 0 saturated heterocycles. The smallest absolute Gasteiger partial charge is 0.369 e. The van der Waals surface area contributed by atoms with Crippen molar-refractivity contribution in [2.75, 3.05) is 18.8 Å². The molecule has 3 aromatic carbocycles. The molecule has 1 amide bonds. The van der Waals surface area contributed by atoms with Gasteiger partial charge in [0.05, 0.1) is 17.3 Å². The Labute approximate surface area is 258 Å². The summed E-state index contributed by atoms with van der Waals surface area (Å²) in [6.45, 7) is 0.428. The molecule has 0 spiro atoms. The second-order valence-electron chi connectivity index (χ2n) is 10.9. The molecule has 2 heterocycles. The quantitative estimate of drug-likeness (QED) is 0.181. The lowest BCUT2D eigenvalue weighted by molar-refractivity contribution is -0.161. The standard InChI is InChI=1S/C35H30F3N5O2/c1-2-3-19-42(21-35(36,37)38)33(45)30-24-12-6-4-10-22(24)25-15-16-27(31(29(25)30)43-20-18-41-34(43)39)32(44)26-13-7-5-11-23(26)28-14-8-9-17-40-28/h4-18,20,30H,2-3,19,21H2,1H3,(H2,39,41). The average molecular weight is 610 g/mol. The van der Waals surface area contributed by atoms with Crippen molar-refractivity contribution in [2.45, 2.75) is 31.9 Å². The molecule has 0 fully saturated rings. The van der Waals surface area contributed by atoms with E-state index in [1.54, 1.807) is 67.0 Å². The first-order chi connectivity index (χ1) is 21.7. The molecule has 1 aliphatic carbocycles. The maximum atomic E-state index is 14.5. The predicted molar refractivity (Wildman–Crippen MR) is 166 cm³/mol. The van der Waals surface area contributed by atoms with Crippen LogP contribution in [0.3, 0.4) is 0 Å². The van der Waals surface area contributed by atoms with E-state index in [1.165, 1.54) is 10.8 Å². The number of fused-ring (bicyclic) bond motifs is 3. The second kappa shape index (κ2) is 12.0. The number of carbonyl (C=O) groups excluding carboxylic acids is 2. The number of anilines is 1. The number of hydrogen-bond donors (Lipinski definition) is 1. The van der Waals surface area contributed by atoms with Crippen molar-refractivity contribution in [3.05, 3.63) is 120 Å². The monoisotopic (exact) mass is 609 g/mol. The zero-order valence-corrected chi connectivity index (χ0v) is 24.5. The van der Waals surface area contributed by atoms with Gasteiger partial charge in [-0.15, -0.1) is 0 Å². The molecule has 10 heteroatoms. The van der Waals surface area contributed by atoms with E-state index in [1.807, 2.05) is 31.2 Å². The van der Waals surface area contributed by atoms with Crippen LogP contribution in [0.15, 0.2) is 97.5 Å². The van der Waals surface area contributed by atoms with Gasteiger partial charge in [-0.05, 0) is 41.3 Å². The minimum absolute atomic E-state index is 0.0541. The molecule has 1 aliphatic rings. The number of aromatic nitrogens is 3. The molecule has 228 valence electrons. The Kier molecular flexibility index (Phi) is 7.97. The number of nitrogens with zero attached hydrogens (tertiary/aromatic N) is 4. The van der Waals surface area contributed by atoms with Gasteiger partial charge in [-0.1, -0.05) is 74.0 Å². The number of imidazole rings is 1. The first kappa shape index (κ1) is 29.8. The number of nitrogens with two attached hydrogens (primary N) is 1. The molecule has 6 rings (SSSR count). The van der Waals surface area contributed by atoms with Crippen LogP contribution in [-0.4, -0.2) is 50.4 Å². The Hall–Kier alpha value is -5.25. The summed E-state index contributed by atoms with van der Waals surface area (Å²) in [6.07, 6.45) is 1.14. The maximum absolute atomic E-state index is 14.5. The lowest BCUT2D eigenvalue weighted by Crippen LogP contribution is -2.42. The Morgan fingerprint density at radius 3 is 2.29 bits per heavy atom.